The number of aromatic hydroxyl groups is 1. The molecule has 15 heavy (non-hydrogen) atoms. The summed E-state index contributed by atoms with van der Waals surface area (Å²) in [7, 11) is 0. The van der Waals surface area contributed by atoms with Crippen molar-refractivity contribution >= 4 is 6.21 Å². The maximum atomic E-state index is 11.1. The third kappa shape index (κ3) is 3.06. The number of hydrogen-bond acceptors (Lipinski definition) is 5. The normalized spacial score (nSPS) is 11.0. The lowest BCUT2D eigenvalue weighted by Crippen LogP contribution is -2.24. The van der Waals surface area contributed by atoms with Crippen molar-refractivity contribution in [2.45, 2.75) is 6.42 Å². The predicted molar refractivity (Wildman–Crippen MR) is 53.5 cm³/mol. The molecule has 1 rings (SSSR count). The molecule has 0 saturated carbocycles. The third-order valence-corrected chi connectivity index (χ3v) is 1.62. The minimum absolute atomic E-state index is 0.00526. The predicted octanol–water partition coefficient (Wildman–Crippen LogP) is -1.43. The van der Waals surface area contributed by atoms with E-state index in [0.29, 0.717) is 13.0 Å². The number of aliphatic hydroxyl groups is 1. The van der Waals surface area contributed by atoms with E-state index in [1.807, 2.05) is 9.97 Å². The zero-order valence-corrected chi connectivity index (χ0v) is 7.86. The van der Waals surface area contributed by atoms with Crippen LogP contribution in [0.4, 0.5) is 0 Å². The van der Waals surface area contributed by atoms with Gasteiger partial charge in [-0.1, -0.05) is 0 Å². The van der Waals surface area contributed by atoms with Crippen LogP contribution in [0.25, 0.3) is 0 Å². The highest BCUT2D eigenvalue weighted by Gasteiger charge is 2.04. The Hall–Kier alpha value is -1.89. The first-order valence-electron chi connectivity index (χ1n) is 4.31. The summed E-state index contributed by atoms with van der Waals surface area (Å²) in [6.45, 7) is 0.347. The number of hydrogen-bond donors (Lipinski definition) is 4. The SMILES string of the molecule is O=c1[nH]c(O)c(C=NCCCO)c(=O)[nH]1. The van der Waals surface area contributed by atoms with Gasteiger partial charge in [-0.3, -0.25) is 19.8 Å². The largest absolute Gasteiger partial charge is 0.494 e. The van der Waals surface area contributed by atoms with Crippen molar-refractivity contribution in [1.82, 2.24) is 9.97 Å². The van der Waals surface area contributed by atoms with Crippen molar-refractivity contribution in [2.75, 3.05) is 13.2 Å². The van der Waals surface area contributed by atoms with Gasteiger partial charge in [0.15, 0.2) is 0 Å². The Labute approximate surface area is 84.1 Å². The van der Waals surface area contributed by atoms with E-state index in [-0.39, 0.29) is 12.2 Å². The minimum Gasteiger partial charge on any atom is -0.494 e. The molecule has 4 N–H and O–H groups in total. The molecule has 7 nitrogen and oxygen atoms in total. The summed E-state index contributed by atoms with van der Waals surface area (Å²) < 4.78 is 0. The standard InChI is InChI=1S/C8H11N3O4/c12-3-1-2-9-4-5-6(13)10-8(15)11-7(5)14/h4,12H,1-3H2,(H3,10,11,13,14,15). The Kier molecular flexibility index (Phi) is 3.81. The van der Waals surface area contributed by atoms with Crippen molar-refractivity contribution in [3.05, 3.63) is 26.4 Å². The van der Waals surface area contributed by atoms with Gasteiger partial charge in [-0.15, -0.1) is 0 Å². The maximum Gasteiger partial charge on any atom is 0.328 e. The van der Waals surface area contributed by atoms with Gasteiger partial charge in [0.1, 0.15) is 5.56 Å². The van der Waals surface area contributed by atoms with Crippen LogP contribution in [-0.2, 0) is 0 Å². The number of H-pyrrole nitrogens is 2. The summed E-state index contributed by atoms with van der Waals surface area (Å²) in [6.07, 6.45) is 1.62. The minimum atomic E-state index is -0.773. The van der Waals surface area contributed by atoms with Crippen molar-refractivity contribution < 1.29 is 10.2 Å². The Morgan fingerprint density at radius 3 is 2.67 bits per heavy atom. The van der Waals surface area contributed by atoms with Crippen LogP contribution < -0.4 is 11.2 Å². The van der Waals surface area contributed by atoms with Crippen LogP contribution in [0.1, 0.15) is 12.0 Å². The lowest BCUT2D eigenvalue weighted by molar-refractivity contribution is 0.291. The molecule has 0 aliphatic heterocycles. The van der Waals surface area contributed by atoms with E-state index in [9.17, 15) is 14.7 Å². The smallest absolute Gasteiger partial charge is 0.328 e. The van der Waals surface area contributed by atoms with Crippen molar-refractivity contribution in [1.29, 1.82) is 0 Å². The molecule has 0 bridgehead atoms. The monoisotopic (exact) mass is 213 g/mol. The molecule has 0 aliphatic carbocycles. The summed E-state index contributed by atoms with van der Waals surface area (Å²) in [6, 6.07) is 0. The molecule has 7 heteroatoms. The number of aromatic amines is 2. The van der Waals surface area contributed by atoms with Crippen LogP contribution in [-0.4, -0.2) is 39.5 Å². The van der Waals surface area contributed by atoms with E-state index in [1.54, 1.807) is 0 Å². The topological polar surface area (TPSA) is 119 Å². The first-order chi connectivity index (χ1) is 7.15. The van der Waals surface area contributed by atoms with Crippen LogP contribution in [0.15, 0.2) is 14.6 Å². The summed E-state index contributed by atoms with van der Waals surface area (Å²) in [5.41, 5.74) is -1.58. The average Bonchev–Trinajstić information content (AvgIpc) is 2.15. The Bertz CT molecular complexity index is 460. The molecule has 1 aromatic rings. The van der Waals surface area contributed by atoms with Crippen molar-refractivity contribution in [3.8, 4) is 5.88 Å². The van der Waals surface area contributed by atoms with Crippen LogP contribution in [0.3, 0.4) is 0 Å². The molecule has 0 fully saturated rings. The number of nitrogens with zero attached hydrogens (tertiary/aromatic N) is 1. The molecule has 1 heterocycles. The zero-order valence-electron chi connectivity index (χ0n) is 7.86. The van der Waals surface area contributed by atoms with Crippen molar-refractivity contribution in [3.63, 3.8) is 0 Å². The Morgan fingerprint density at radius 2 is 2.07 bits per heavy atom. The molecule has 0 aliphatic rings. The van der Waals surface area contributed by atoms with E-state index in [2.05, 4.69) is 4.99 Å². The molecule has 0 aromatic carbocycles. The van der Waals surface area contributed by atoms with Gasteiger partial charge >= 0.3 is 5.69 Å². The summed E-state index contributed by atoms with van der Waals surface area (Å²) in [5.74, 6) is -0.517. The highest BCUT2D eigenvalue weighted by Crippen LogP contribution is 2.00. The van der Waals surface area contributed by atoms with E-state index in [1.165, 1.54) is 0 Å². The molecule has 82 valence electrons. The number of nitrogens with one attached hydrogen (secondary N) is 2. The van der Waals surface area contributed by atoms with Crippen LogP contribution in [0.5, 0.6) is 5.88 Å². The van der Waals surface area contributed by atoms with Crippen LogP contribution >= 0.6 is 0 Å². The molecule has 0 radical (unpaired) electrons. The highest BCUT2D eigenvalue weighted by molar-refractivity contribution is 5.81. The first-order valence-corrected chi connectivity index (χ1v) is 4.31. The van der Waals surface area contributed by atoms with Gasteiger partial charge in [0, 0.05) is 19.4 Å². The van der Waals surface area contributed by atoms with Crippen molar-refractivity contribution in [2.24, 2.45) is 4.99 Å². The average molecular weight is 213 g/mol. The highest BCUT2D eigenvalue weighted by atomic mass is 16.3. The molecule has 0 amide bonds. The number of aliphatic imine (C=N–C) groups is 1. The molecule has 0 spiro atoms. The van der Waals surface area contributed by atoms with E-state index in [4.69, 9.17) is 5.11 Å². The van der Waals surface area contributed by atoms with Gasteiger partial charge in [0.05, 0.1) is 0 Å². The summed E-state index contributed by atoms with van der Waals surface area (Å²) in [5, 5.41) is 17.7. The fraction of sp³-hybridized carbons (Fsp3) is 0.375. The van der Waals surface area contributed by atoms with Gasteiger partial charge < -0.3 is 10.2 Å². The Morgan fingerprint density at radius 1 is 1.33 bits per heavy atom. The fourth-order valence-electron chi connectivity index (χ4n) is 0.922. The van der Waals surface area contributed by atoms with Gasteiger partial charge in [0.25, 0.3) is 5.56 Å². The molecule has 0 atom stereocenters. The summed E-state index contributed by atoms with van der Waals surface area (Å²) in [4.78, 5) is 29.6. The van der Waals surface area contributed by atoms with Crippen LogP contribution in [0.2, 0.25) is 0 Å². The first kappa shape index (κ1) is 11.2. The van der Waals surface area contributed by atoms with E-state index >= 15 is 0 Å². The molecule has 1 aromatic heterocycles. The Balaban J connectivity index is 2.90. The van der Waals surface area contributed by atoms with Gasteiger partial charge in [-0.2, -0.15) is 0 Å². The summed E-state index contributed by atoms with van der Waals surface area (Å²) >= 11 is 0. The third-order valence-electron chi connectivity index (χ3n) is 1.62. The molecular formula is C8H11N3O4. The van der Waals surface area contributed by atoms with Gasteiger partial charge in [-0.25, -0.2) is 4.79 Å². The molecule has 0 saturated heterocycles. The number of rotatable bonds is 4. The fourth-order valence-corrected chi connectivity index (χ4v) is 0.922. The molecular weight excluding hydrogens is 202 g/mol. The maximum absolute atomic E-state index is 11.1. The second-order valence-corrected chi connectivity index (χ2v) is 2.78. The molecule has 0 unspecified atom stereocenters. The lowest BCUT2D eigenvalue weighted by atomic mass is 10.3. The number of aliphatic hydroxyl groups excluding tert-OH is 1. The van der Waals surface area contributed by atoms with E-state index < -0.39 is 17.1 Å². The van der Waals surface area contributed by atoms with Gasteiger partial charge in [0.2, 0.25) is 5.88 Å². The second-order valence-electron chi connectivity index (χ2n) is 2.78. The lowest BCUT2D eigenvalue weighted by Gasteiger charge is -1.95. The quantitative estimate of drug-likeness (QED) is 0.362. The van der Waals surface area contributed by atoms with Gasteiger partial charge in [-0.05, 0) is 6.42 Å². The van der Waals surface area contributed by atoms with E-state index in [0.717, 1.165) is 6.21 Å². The second kappa shape index (κ2) is 5.11. The van der Waals surface area contributed by atoms with Crippen LogP contribution in [0, 0.1) is 0 Å². The zero-order chi connectivity index (χ0) is 11.3. The number of aromatic nitrogens is 2.